The maximum absolute atomic E-state index is 13.7. The van der Waals surface area contributed by atoms with Crippen molar-refractivity contribution in [1.29, 1.82) is 0 Å². The highest BCUT2D eigenvalue weighted by Gasteiger charge is 2.16. The van der Waals surface area contributed by atoms with E-state index in [-0.39, 0.29) is 22.4 Å². The molecule has 21 heavy (non-hydrogen) atoms. The molecule has 0 bridgehead atoms. The van der Waals surface area contributed by atoms with Crippen molar-refractivity contribution < 1.29 is 18.4 Å². The normalized spacial score (nSPS) is 10.2. The quantitative estimate of drug-likeness (QED) is 0.848. The largest absolute Gasteiger partial charge is 0.366 e. The molecule has 0 atom stereocenters. The molecule has 0 aliphatic heterocycles. The Hall–Kier alpha value is -2.83. The number of nitrogens with one attached hydrogen (secondary N) is 1. The molecule has 7 heteroatoms. The molecule has 0 saturated carbocycles. The van der Waals surface area contributed by atoms with E-state index in [0.717, 1.165) is 6.07 Å². The van der Waals surface area contributed by atoms with Crippen molar-refractivity contribution in [2.75, 3.05) is 5.32 Å². The molecule has 1 heterocycles. The fourth-order valence-corrected chi connectivity index (χ4v) is 1.70. The summed E-state index contributed by atoms with van der Waals surface area (Å²) in [7, 11) is 0. The first-order valence-electron chi connectivity index (χ1n) is 5.92. The van der Waals surface area contributed by atoms with Gasteiger partial charge in [0, 0.05) is 23.0 Å². The van der Waals surface area contributed by atoms with Crippen LogP contribution in [0.2, 0.25) is 0 Å². The number of halogens is 2. The highest BCUT2D eigenvalue weighted by Crippen LogP contribution is 2.21. The summed E-state index contributed by atoms with van der Waals surface area (Å²) in [5, 5.41) is 2.34. The number of nitrogens with two attached hydrogens (primary N) is 1. The number of primary amides is 1. The van der Waals surface area contributed by atoms with Crippen LogP contribution in [0.15, 0.2) is 30.5 Å². The van der Waals surface area contributed by atoms with Crippen LogP contribution in [0.4, 0.5) is 14.5 Å². The van der Waals surface area contributed by atoms with Crippen molar-refractivity contribution >= 4 is 17.5 Å². The van der Waals surface area contributed by atoms with E-state index in [2.05, 4.69) is 10.3 Å². The highest BCUT2D eigenvalue weighted by atomic mass is 19.1. The van der Waals surface area contributed by atoms with Crippen molar-refractivity contribution in [3.63, 3.8) is 0 Å². The van der Waals surface area contributed by atoms with Crippen molar-refractivity contribution in [2.24, 2.45) is 5.73 Å². The summed E-state index contributed by atoms with van der Waals surface area (Å²) in [6, 6.07) is 4.83. The van der Waals surface area contributed by atoms with Crippen LogP contribution in [0.1, 0.15) is 26.3 Å². The fourth-order valence-electron chi connectivity index (χ4n) is 1.70. The van der Waals surface area contributed by atoms with E-state index >= 15 is 0 Å². The molecule has 2 amide bonds. The third kappa shape index (κ3) is 3.02. The van der Waals surface area contributed by atoms with Crippen molar-refractivity contribution in [3.8, 4) is 0 Å². The van der Waals surface area contributed by atoms with Gasteiger partial charge in [-0.25, -0.2) is 9.37 Å². The van der Waals surface area contributed by atoms with Gasteiger partial charge in [0.15, 0.2) is 0 Å². The molecule has 5 nitrogen and oxygen atoms in total. The number of hydrogen-bond donors (Lipinski definition) is 2. The van der Waals surface area contributed by atoms with E-state index in [4.69, 9.17) is 5.73 Å². The van der Waals surface area contributed by atoms with Gasteiger partial charge < -0.3 is 11.1 Å². The number of rotatable bonds is 3. The number of carbonyl (C=O) groups excluding carboxylic acids is 2. The van der Waals surface area contributed by atoms with Crippen molar-refractivity contribution in [2.45, 2.75) is 6.92 Å². The molecule has 0 radical (unpaired) electrons. The first kappa shape index (κ1) is 14.6. The molecule has 3 N–H and O–H groups in total. The average Bonchev–Trinajstić information content (AvgIpc) is 2.43. The number of aromatic nitrogens is 1. The third-order valence-electron chi connectivity index (χ3n) is 2.88. The number of pyridine rings is 1. The Balaban J connectivity index is 2.38. The Bertz CT molecular complexity index is 732. The summed E-state index contributed by atoms with van der Waals surface area (Å²) in [5.74, 6) is -3.28. The second kappa shape index (κ2) is 5.66. The standard InChI is InChI=1S/C14H11F2N3O2/c1-7-10(15)5-8(13(17)20)6-11(7)19-14(21)9-3-2-4-18-12(9)16/h2-6H,1H3,(H2,17,20)(H,19,21). The minimum absolute atomic E-state index is 0.0389. The molecule has 0 fully saturated rings. The third-order valence-corrected chi connectivity index (χ3v) is 2.88. The average molecular weight is 291 g/mol. The first-order chi connectivity index (χ1) is 9.90. The SMILES string of the molecule is Cc1c(F)cc(C(N)=O)cc1NC(=O)c1cccnc1F. The molecular formula is C14H11F2N3O2. The zero-order chi connectivity index (χ0) is 15.6. The summed E-state index contributed by atoms with van der Waals surface area (Å²) in [5.41, 5.74) is 4.84. The maximum Gasteiger partial charge on any atom is 0.260 e. The second-order valence-electron chi connectivity index (χ2n) is 4.29. The summed E-state index contributed by atoms with van der Waals surface area (Å²) in [6.45, 7) is 1.41. The van der Waals surface area contributed by atoms with Crippen LogP contribution in [0.25, 0.3) is 0 Å². The van der Waals surface area contributed by atoms with Crippen LogP contribution in [-0.2, 0) is 0 Å². The lowest BCUT2D eigenvalue weighted by atomic mass is 10.1. The molecule has 0 saturated heterocycles. The monoisotopic (exact) mass is 291 g/mol. The predicted molar refractivity (Wildman–Crippen MR) is 71.8 cm³/mol. The zero-order valence-corrected chi connectivity index (χ0v) is 11.0. The minimum atomic E-state index is -0.945. The molecule has 0 aliphatic carbocycles. The highest BCUT2D eigenvalue weighted by molar-refractivity contribution is 6.05. The van der Waals surface area contributed by atoms with Gasteiger partial charge >= 0.3 is 0 Å². The van der Waals surface area contributed by atoms with Crippen LogP contribution in [0.5, 0.6) is 0 Å². The summed E-state index contributed by atoms with van der Waals surface area (Å²) in [6.07, 6.45) is 1.20. The maximum atomic E-state index is 13.7. The molecule has 0 spiro atoms. The molecule has 108 valence electrons. The molecule has 2 aromatic rings. The molecule has 1 aromatic heterocycles. The number of carbonyl (C=O) groups is 2. The van der Waals surface area contributed by atoms with Gasteiger partial charge in [-0.15, -0.1) is 0 Å². The Morgan fingerprint density at radius 3 is 2.62 bits per heavy atom. The summed E-state index contributed by atoms with van der Waals surface area (Å²) in [4.78, 5) is 26.4. The van der Waals surface area contributed by atoms with Gasteiger partial charge in [-0.05, 0) is 31.2 Å². The van der Waals surface area contributed by atoms with Crippen LogP contribution in [0, 0.1) is 18.7 Å². The number of nitrogens with zero attached hydrogens (tertiary/aromatic N) is 1. The first-order valence-corrected chi connectivity index (χ1v) is 5.92. The molecule has 2 rings (SSSR count). The minimum Gasteiger partial charge on any atom is -0.366 e. The van der Waals surface area contributed by atoms with E-state index in [9.17, 15) is 18.4 Å². The molecular weight excluding hydrogens is 280 g/mol. The van der Waals surface area contributed by atoms with Gasteiger partial charge in [0.25, 0.3) is 5.91 Å². The van der Waals surface area contributed by atoms with Gasteiger partial charge in [-0.3, -0.25) is 9.59 Å². The van der Waals surface area contributed by atoms with E-state index in [1.54, 1.807) is 0 Å². The van der Waals surface area contributed by atoms with Crippen molar-refractivity contribution in [3.05, 3.63) is 58.9 Å². The number of benzene rings is 1. The van der Waals surface area contributed by atoms with Crippen LogP contribution < -0.4 is 11.1 Å². The number of amides is 2. The lowest BCUT2D eigenvalue weighted by Gasteiger charge is -2.11. The molecule has 0 unspecified atom stereocenters. The van der Waals surface area contributed by atoms with Gasteiger partial charge in [0.1, 0.15) is 5.82 Å². The van der Waals surface area contributed by atoms with Crippen LogP contribution >= 0.6 is 0 Å². The smallest absolute Gasteiger partial charge is 0.260 e. The second-order valence-corrected chi connectivity index (χ2v) is 4.29. The lowest BCUT2D eigenvalue weighted by molar-refractivity contribution is 0.0995. The van der Waals surface area contributed by atoms with E-state index in [1.165, 1.54) is 31.3 Å². The molecule has 1 aromatic carbocycles. The van der Waals surface area contributed by atoms with Gasteiger partial charge in [0.2, 0.25) is 11.9 Å². The fraction of sp³-hybridized carbons (Fsp3) is 0.0714. The van der Waals surface area contributed by atoms with E-state index < -0.39 is 23.6 Å². The number of hydrogen-bond acceptors (Lipinski definition) is 3. The Labute approximate surface area is 118 Å². The van der Waals surface area contributed by atoms with Gasteiger partial charge in [-0.2, -0.15) is 4.39 Å². The van der Waals surface area contributed by atoms with E-state index in [1.807, 2.05) is 0 Å². The summed E-state index contributed by atoms with van der Waals surface area (Å²) < 4.78 is 27.1. The van der Waals surface area contributed by atoms with Crippen LogP contribution in [0.3, 0.4) is 0 Å². The van der Waals surface area contributed by atoms with Gasteiger partial charge in [0.05, 0.1) is 5.56 Å². The van der Waals surface area contributed by atoms with E-state index in [0.29, 0.717) is 0 Å². The lowest BCUT2D eigenvalue weighted by Crippen LogP contribution is -2.17. The topological polar surface area (TPSA) is 85.1 Å². The zero-order valence-electron chi connectivity index (χ0n) is 11.0. The van der Waals surface area contributed by atoms with Crippen molar-refractivity contribution in [1.82, 2.24) is 4.98 Å². The Morgan fingerprint density at radius 2 is 2.00 bits per heavy atom. The van der Waals surface area contributed by atoms with Gasteiger partial charge in [-0.1, -0.05) is 0 Å². The Morgan fingerprint density at radius 1 is 1.29 bits per heavy atom. The molecule has 0 aliphatic rings. The summed E-state index contributed by atoms with van der Waals surface area (Å²) >= 11 is 0. The predicted octanol–water partition coefficient (Wildman–Crippen LogP) is 2.02. The Kier molecular flexibility index (Phi) is 3.93. The number of anilines is 1. The van der Waals surface area contributed by atoms with Crippen LogP contribution in [-0.4, -0.2) is 16.8 Å².